The molecule has 1 aromatic heterocycles. The van der Waals surface area contributed by atoms with E-state index in [1.807, 2.05) is 18.2 Å². The number of aromatic nitrogens is 1. The molecule has 0 aliphatic rings. The van der Waals surface area contributed by atoms with Gasteiger partial charge in [0.05, 0.1) is 18.4 Å². The highest BCUT2D eigenvalue weighted by Crippen LogP contribution is 2.24. The minimum Gasteiger partial charge on any atom is -0.465 e. The lowest BCUT2D eigenvalue weighted by atomic mass is 10.1. The van der Waals surface area contributed by atoms with Crippen molar-refractivity contribution < 1.29 is 9.53 Å². The second-order valence-corrected chi connectivity index (χ2v) is 3.51. The van der Waals surface area contributed by atoms with Crippen molar-refractivity contribution in [3.05, 3.63) is 48.2 Å². The molecule has 0 amide bonds. The van der Waals surface area contributed by atoms with Crippen LogP contribution in [0, 0.1) is 0 Å². The Morgan fingerprint density at radius 1 is 1.29 bits per heavy atom. The van der Waals surface area contributed by atoms with Crippen LogP contribution >= 0.6 is 0 Å². The summed E-state index contributed by atoms with van der Waals surface area (Å²) in [7, 11) is 1.34. The molecular weight excluding hydrogens is 216 g/mol. The second-order valence-electron chi connectivity index (χ2n) is 3.51. The minimum absolute atomic E-state index is 0.399. The first-order valence-electron chi connectivity index (χ1n) is 5.11. The summed E-state index contributed by atoms with van der Waals surface area (Å²) < 4.78 is 4.63. The summed E-state index contributed by atoms with van der Waals surface area (Å²) in [6, 6.07) is 10.6. The molecule has 0 aliphatic heterocycles. The highest BCUT2D eigenvalue weighted by molar-refractivity contribution is 5.92. The molecule has 0 bridgehead atoms. The molecule has 0 saturated heterocycles. The van der Waals surface area contributed by atoms with Gasteiger partial charge in [0.1, 0.15) is 0 Å². The van der Waals surface area contributed by atoms with Crippen molar-refractivity contribution in [2.24, 2.45) is 0 Å². The number of methoxy groups -OCH3 is 1. The van der Waals surface area contributed by atoms with Crippen molar-refractivity contribution in [2.45, 2.75) is 0 Å². The SMILES string of the molecule is COC(=O)c1ccc(-c2ccccn2)c(N)c1. The van der Waals surface area contributed by atoms with Crippen LogP contribution in [-0.4, -0.2) is 18.1 Å². The zero-order valence-corrected chi connectivity index (χ0v) is 9.38. The number of rotatable bonds is 2. The molecule has 0 atom stereocenters. The van der Waals surface area contributed by atoms with Crippen LogP contribution in [0.2, 0.25) is 0 Å². The standard InChI is InChI=1S/C13H12N2O2/c1-17-13(16)9-5-6-10(11(14)8-9)12-4-2-3-7-15-12/h2-8H,14H2,1H3. The summed E-state index contributed by atoms with van der Waals surface area (Å²) in [5.41, 5.74) is 8.42. The van der Waals surface area contributed by atoms with Crippen LogP contribution in [0.3, 0.4) is 0 Å². The van der Waals surface area contributed by atoms with Crippen LogP contribution in [0.15, 0.2) is 42.6 Å². The van der Waals surface area contributed by atoms with Crippen LogP contribution in [0.5, 0.6) is 0 Å². The first-order valence-corrected chi connectivity index (χ1v) is 5.11. The predicted octanol–water partition coefficient (Wildman–Crippen LogP) is 2.12. The number of pyridine rings is 1. The molecule has 0 spiro atoms. The summed E-state index contributed by atoms with van der Waals surface area (Å²) in [6.07, 6.45) is 1.70. The molecule has 4 heteroatoms. The maximum absolute atomic E-state index is 11.3. The van der Waals surface area contributed by atoms with Crippen LogP contribution in [0.25, 0.3) is 11.3 Å². The number of benzene rings is 1. The summed E-state index contributed by atoms with van der Waals surface area (Å²) in [5.74, 6) is -0.399. The van der Waals surface area contributed by atoms with E-state index in [2.05, 4.69) is 9.72 Å². The third-order valence-corrected chi connectivity index (χ3v) is 2.41. The Hall–Kier alpha value is -2.36. The monoisotopic (exact) mass is 228 g/mol. The minimum atomic E-state index is -0.399. The van der Waals surface area contributed by atoms with Gasteiger partial charge in [-0.3, -0.25) is 4.98 Å². The number of nitrogen functional groups attached to an aromatic ring is 1. The first kappa shape index (κ1) is 11.1. The summed E-state index contributed by atoms with van der Waals surface area (Å²) in [6.45, 7) is 0. The Bertz CT molecular complexity index is 538. The van der Waals surface area contributed by atoms with Crippen LogP contribution < -0.4 is 5.73 Å². The topological polar surface area (TPSA) is 65.2 Å². The zero-order valence-electron chi connectivity index (χ0n) is 9.38. The molecule has 1 heterocycles. The molecule has 0 fully saturated rings. The third kappa shape index (κ3) is 2.25. The molecule has 4 nitrogen and oxygen atoms in total. The van der Waals surface area contributed by atoms with Crippen molar-refractivity contribution in [2.75, 3.05) is 12.8 Å². The van der Waals surface area contributed by atoms with Gasteiger partial charge in [0, 0.05) is 17.4 Å². The Morgan fingerprint density at radius 3 is 2.71 bits per heavy atom. The number of hydrogen-bond acceptors (Lipinski definition) is 4. The maximum Gasteiger partial charge on any atom is 0.337 e. The fourth-order valence-corrected chi connectivity index (χ4v) is 1.56. The molecule has 1 aromatic carbocycles. The average molecular weight is 228 g/mol. The molecule has 17 heavy (non-hydrogen) atoms. The van der Waals surface area contributed by atoms with E-state index < -0.39 is 5.97 Å². The van der Waals surface area contributed by atoms with Crippen LogP contribution in [0.4, 0.5) is 5.69 Å². The van der Waals surface area contributed by atoms with E-state index >= 15 is 0 Å². The first-order chi connectivity index (χ1) is 8.22. The Balaban J connectivity index is 2.42. The largest absolute Gasteiger partial charge is 0.465 e. The quantitative estimate of drug-likeness (QED) is 0.631. The lowest BCUT2D eigenvalue weighted by molar-refractivity contribution is 0.0601. The van der Waals surface area contributed by atoms with E-state index in [1.54, 1.807) is 24.4 Å². The van der Waals surface area contributed by atoms with Crippen molar-refractivity contribution in [3.8, 4) is 11.3 Å². The van der Waals surface area contributed by atoms with E-state index in [4.69, 9.17) is 5.73 Å². The van der Waals surface area contributed by atoms with E-state index in [9.17, 15) is 4.79 Å². The maximum atomic E-state index is 11.3. The number of esters is 1. The smallest absolute Gasteiger partial charge is 0.337 e. The number of anilines is 1. The lowest BCUT2D eigenvalue weighted by Crippen LogP contribution is -2.02. The molecule has 0 radical (unpaired) electrons. The molecule has 2 N–H and O–H groups in total. The predicted molar refractivity (Wildman–Crippen MR) is 65.4 cm³/mol. The molecule has 2 rings (SSSR count). The third-order valence-electron chi connectivity index (χ3n) is 2.41. The lowest BCUT2D eigenvalue weighted by Gasteiger charge is -2.06. The van der Waals surface area contributed by atoms with Crippen molar-refractivity contribution in [3.63, 3.8) is 0 Å². The van der Waals surface area contributed by atoms with Gasteiger partial charge in [0.25, 0.3) is 0 Å². The molecule has 2 aromatic rings. The van der Waals surface area contributed by atoms with Gasteiger partial charge >= 0.3 is 5.97 Å². The zero-order chi connectivity index (χ0) is 12.3. The highest BCUT2D eigenvalue weighted by Gasteiger charge is 2.09. The number of nitrogens with zero attached hydrogens (tertiary/aromatic N) is 1. The fraction of sp³-hybridized carbons (Fsp3) is 0.0769. The fourth-order valence-electron chi connectivity index (χ4n) is 1.56. The van der Waals surface area contributed by atoms with Crippen LogP contribution in [0.1, 0.15) is 10.4 Å². The molecule has 0 saturated carbocycles. The van der Waals surface area contributed by atoms with E-state index in [0.29, 0.717) is 11.3 Å². The van der Waals surface area contributed by atoms with Gasteiger partial charge in [-0.1, -0.05) is 6.07 Å². The number of ether oxygens (including phenoxy) is 1. The van der Waals surface area contributed by atoms with Gasteiger partial charge in [0.15, 0.2) is 0 Å². The van der Waals surface area contributed by atoms with Gasteiger partial charge in [-0.05, 0) is 30.3 Å². The summed E-state index contributed by atoms with van der Waals surface area (Å²) in [4.78, 5) is 15.5. The number of nitrogens with two attached hydrogens (primary N) is 1. The number of carbonyl (C=O) groups is 1. The molecule has 0 aliphatic carbocycles. The Kier molecular flexibility index (Phi) is 3.05. The normalized spacial score (nSPS) is 9.94. The Labute approximate surface area is 99.1 Å². The average Bonchev–Trinajstić information content (AvgIpc) is 2.38. The van der Waals surface area contributed by atoms with Gasteiger partial charge < -0.3 is 10.5 Å². The molecular formula is C13H12N2O2. The molecule has 86 valence electrons. The Morgan fingerprint density at radius 2 is 2.12 bits per heavy atom. The van der Waals surface area contributed by atoms with Gasteiger partial charge in [-0.15, -0.1) is 0 Å². The molecule has 0 unspecified atom stereocenters. The van der Waals surface area contributed by atoms with Crippen LogP contribution in [-0.2, 0) is 4.74 Å². The van der Waals surface area contributed by atoms with E-state index in [0.717, 1.165) is 11.3 Å². The van der Waals surface area contributed by atoms with Crippen molar-refractivity contribution in [1.82, 2.24) is 4.98 Å². The summed E-state index contributed by atoms with van der Waals surface area (Å²) in [5, 5.41) is 0. The van der Waals surface area contributed by atoms with Crippen molar-refractivity contribution >= 4 is 11.7 Å². The number of hydrogen-bond donors (Lipinski definition) is 1. The van der Waals surface area contributed by atoms with E-state index in [-0.39, 0.29) is 0 Å². The number of carbonyl (C=O) groups excluding carboxylic acids is 1. The van der Waals surface area contributed by atoms with Gasteiger partial charge in [-0.25, -0.2) is 4.79 Å². The van der Waals surface area contributed by atoms with E-state index in [1.165, 1.54) is 7.11 Å². The van der Waals surface area contributed by atoms with Gasteiger partial charge in [0.2, 0.25) is 0 Å². The second kappa shape index (κ2) is 4.65. The van der Waals surface area contributed by atoms with Gasteiger partial charge in [-0.2, -0.15) is 0 Å². The highest BCUT2D eigenvalue weighted by atomic mass is 16.5. The summed E-state index contributed by atoms with van der Waals surface area (Å²) >= 11 is 0. The van der Waals surface area contributed by atoms with Crippen molar-refractivity contribution in [1.29, 1.82) is 0 Å².